The lowest BCUT2D eigenvalue weighted by Crippen LogP contribution is -2.15. The van der Waals surface area contributed by atoms with Crippen molar-refractivity contribution < 1.29 is 4.79 Å². The molecule has 0 bridgehead atoms. The molecule has 1 heterocycles. The van der Waals surface area contributed by atoms with Gasteiger partial charge < -0.3 is 4.57 Å². The maximum Gasteiger partial charge on any atom is 0.185 e. The van der Waals surface area contributed by atoms with Crippen molar-refractivity contribution in [3.8, 4) is 0 Å². The van der Waals surface area contributed by atoms with Crippen LogP contribution in [-0.4, -0.2) is 15.3 Å². The lowest BCUT2D eigenvalue weighted by atomic mass is 10.1. The zero-order valence-corrected chi connectivity index (χ0v) is 9.56. The van der Waals surface area contributed by atoms with Gasteiger partial charge in [-0.3, -0.25) is 4.79 Å². The lowest BCUT2D eigenvalue weighted by molar-refractivity contribution is 0.0935. The maximum atomic E-state index is 12.1. The summed E-state index contributed by atoms with van der Waals surface area (Å²) >= 11 is 5.85. The average Bonchev–Trinajstić information content (AvgIpc) is 2.80. The predicted molar refractivity (Wildman–Crippen MR) is 62.7 cm³/mol. The summed E-state index contributed by atoms with van der Waals surface area (Å²) in [6.45, 7) is 1.84. The molecule has 0 spiro atoms. The number of carbonyl (C=O) groups is 1. The van der Waals surface area contributed by atoms with Crippen molar-refractivity contribution in [1.82, 2.24) is 9.55 Å². The lowest BCUT2D eigenvalue weighted by Gasteiger charge is -2.11. The molecule has 2 rings (SSSR count). The van der Waals surface area contributed by atoms with Crippen LogP contribution < -0.4 is 0 Å². The Kier molecular flexibility index (Phi) is 3.06. The molecule has 1 atom stereocenters. The molecule has 1 aromatic heterocycles. The van der Waals surface area contributed by atoms with Gasteiger partial charge in [-0.25, -0.2) is 4.98 Å². The monoisotopic (exact) mass is 234 g/mol. The van der Waals surface area contributed by atoms with E-state index in [4.69, 9.17) is 11.6 Å². The number of aromatic nitrogens is 2. The molecule has 0 saturated heterocycles. The Morgan fingerprint density at radius 3 is 2.94 bits per heavy atom. The predicted octanol–water partition coefficient (Wildman–Crippen LogP) is 2.98. The second-order valence-electron chi connectivity index (χ2n) is 3.56. The van der Waals surface area contributed by atoms with Crippen molar-refractivity contribution in [1.29, 1.82) is 0 Å². The summed E-state index contributed by atoms with van der Waals surface area (Å²) in [6, 6.07) is 6.70. The normalized spacial score (nSPS) is 12.4. The standard InChI is InChI=1S/C12H11ClN2O/c1-9(15-6-5-14-8-15)12(16)10-3-2-4-11(13)7-10/h2-9H,1H3. The minimum absolute atomic E-state index is 0.0282. The van der Waals surface area contributed by atoms with Gasteiger partial charge in [0.25, 0.3) is 0 Å². The summed E-state index contributed by atoms with van der Waals surface area (Å²) in [4.78, 5) is 16.0. The van der Waals surface area contributed by atoms with Gasteiger partial charge in [0, 0.05) is 23.0 Å². The molecule has 2 aromatic rings. The van der Waals surface area contributed by atoms with Crippen LogP contribution in [0.1, 0.15) is 23.3 Å². The van der Waals surface area contributed by atoms with Crippen molar-refractivity contribution >= 4 is 17.4 Å². The summed E-state index contributed by atoms with van der Waals surface area (Å²) in [7, 11) is 0. The van der Waals surface area contributed by atoms with Gasteiger partial charge in [-0.15, -0.1) is 0 Å². The SMILES string of the molecule is CC(C(=O)c1cccc(Cl)c1)n1ccnc1. The van der Waals surface area contributed by atoms with Gasteiger partial charge >= 0.3 is 0 Å². The van der Waals surface area contributed by atoms with E-state index < -0.39 is 0 Å². The first-order valence-corrected chi connectivity index (χ1v) is 5.33. The molecule has 0 fully saturated rings. The summed E-state index contributed by atoms with van der Waals surface area (Å²) in [5.74, 6) is 0.0282. The largest absolute Gasteiger partial charge is 0.327 e. The Bertz CT molecular complexity index is 493. The first-order chi connectivity index (χ1) is 7.68. The second kappa shape index (κ2) is 4.49. The fraction of sp³-hybridized carbons (Fsp3) is 0.167. The molecule has 3 nitrogen and oxygen atoms in total. The van der Waals surface area contributed by atoms with Crippen molar-refractivity contribution in [2.24, 2.45) is 0 Å². The van der Waals surface area contributed by atoms with E-state index in [1.807, 2.05) is 6.92 Å². The summed E-state index contributed by atoms with van der Waals surface area (Å²) in [5.41, 5.74) is 0.619. The first kappa shape index (κ1) is 10.9. The van der Waals surface area contributed by atoms with E-state index in [2.05, 4.69) is 4.98 Å². The van der Waals surface area contributed by atoms with Crippen molar-refractivity contribution in [3.05, 3.63) is 53.6 Å². The van der Waals surface area contributed by atoms with Crippen LogP contribution in [0.3, 0.4) is 0 Å². The van der Waals surface area contributed by atoms with Crippen LogP contribution in [0.15, 0.2) is 43.0 Å². The van der Waals surface area contributed by atoms with Crippen LogP contribution in [0.5, 0.6) is 0 Å². The summed E-state index contributed by atoms with van der Waals surface area (Å²) < 4.78 is 1.77. The maximum absolute atomic E-state index is 12.1. The van der Waals surface area contributed by atoms with Crippen LogP contribution >= 0.6 is 11.6 Å². The van der Waals surface area contributed by atoms with Crippen LogP contribution in [0.4, 0.5) is 0 Å². The summed E-state index contributed by atoms with van der Waals surface area (Å²) in [5, 5.41) is 0.573. The average molecular weight is 235 g/mol. The van der Waals surface area contributed by atoms with Gasteiger partial charge in [-0.05, 0) is 19.1 Å². The fourth-order valence-electron chi connectivity index (χ4n) is 1.52. The molecule has 0 saturated carbocycles. The van der Waals surface area contributed by atoms with Gasteiger partial charge in [0.05, 0.1) is 12.4 Å². The molecular weight excluding hydrogens is 224 g/mol. The number of benzene rings is 1. The number of hydrogen-bond donors (Lipinski definition) is 0. The highest BCUT2D eigenvalue weighted by Gasteiger charge is 2.16. The molecule has 0 amide bonds. The number of carbonyl (C=O) groups excluding carboxylic acids is 1. The van der Waals surface area contributed by atoms with E-state index in [1.165, 1.54) is 0 Å². The molecule has 1 aromatic carbocycles. The molecule has 0 aliphatic carbocycles. The van der Waals surface area contributed by atoms with E-state index in [0.717, 1.165) is 0 Å². The number of imidazole rings is 1. The number of halogens is 1. The zero-order chi connectivity index (χ0) is 11.5. The molecular formula is C12H11ClN2O. The van der Waals surface area contributed by atoms with E-state index >= 15 is 0 Å². The molecule has 16 heavy (non-hydrogen) atoms. The van der Waals surface area contributed by atoms with E-state index in [0.29, 0.717) is 10.6 Å². The minimum atomic E-state index is -0.263. The Labute approximate surface area is 98.7 Å². The van der Waals surface area contributed by atoms with E-state index in [9.17, 15) is 4.79 Å². The highest BCUT2D eigenvalue weighted by atomic mass is 35.5. The third-order valence-electron chi connectivity index (χ3n) is 2.46. The quantitative estimate of drug-likeness (QED) is 0.766. The molecule has 0 N–H and O–H groups in total. The molecule has 0 aliphatic rings. The van der Waals surface area contributed by atoms with Crippen LogP contribution in [0, 0.1) is 0 Å². The molecule has 0 aliphatic heterocycles. The minimum Gasteiger partial charge on any atom is -0.327 e. The van der Waals surface area contributed by atoms with Crippen molar-refractivity contribution in [3.63, 3.8) is 0 Å². The molecule has 82 valence electrons. The van der Waals surface area contributed by atoms with Gasteiger partial charge in [0.1, 0.15) is 0 Å². The Morgan fingerprint density at radius 2 is 2.31 bits per heavy atom. The zero-order valence-electron chi connectivity index (χ0n) is 8.80. The molecule has 0 radical (unpaired) electrons. The molecule has 4 heteroatoms. The first-order valence-electron chi connectivity index (χ1n) is 4.95. The Morgan fingerprint density at radius 1 is 1.50 bits per heavy atom. The second-order valence-corrected chi connectivity index (χ2v) is 4.00. The summed E-state index contributed by atoms with van der Waals surface area (Å²) in [6.07, 6.45) is 5.06. The highest BCUT2D eigenvalue weighted by Crippen LogP contribution is 2.17. The topological polar surface area (TPSA) is 34.9 Å². The van der Waals surface area contributed by atoms with Gasteiger partial charge in [0.15, 0.2) is 5.78 Å². The molecule has 1 unspecified atom stereocenters. The van der Waals surface area contributed by atoms with Gasteiger partial charge in [-0.2, -0.15) is 0 Å². The van der Waals surface area contributed by atoms with Gasteiger partial charge in [0.2, 0.25) is 0 Å². The highest BCUT2D eigenvalue weighted by molar-refractivity contribution is 6.31. The number of hydrogen-bond acceptors (Lipinski definition) is 2. The smallest absolute Gasteiger partial charge is 0.185 e. The van der Waals surface area contributed by atoms with Crippen molar-refractivity contribution in [2.45, 2.75) is 13.0 Å². The Hall–Kier alpha value is -1.61. The third-order valence-corrected chi connectivity index (χ3v) is 2.70. The number of rotatable bonds is 3. The van der Waals surface area contributed by atoms with Crippen LogP contribution in [-0.2, 0) is 0 Å². The number of Topliss-reactive ketones (excluding diaryl/α,β-unsaturated/α-hetero) is 1. The van der Waals surface area contributed by atoms with E-state index in [-0.39, 0.29) is 11.8 Å². The number of nitrogens with zero attached hydrogens (tertiary/aromatic N) is 2. The van der Waals surface area contributed by atoms with E-state index in [1.54, 1.807) is 47.6 Å². The Balaban J connectivity index is 2.26. The third kappa shape index (κ3) is 2.14. The van der Waals surface area contributed by atoms with Crippen LogP contribution in [0.2, 0.25) is 5.02 Å². The van der Waals surface area contributed by atoms with Gasteiger partial charge in [-0.1, -0.05) is 23.7 Å². The number of ketones is 1. The van der Waals surface area contributed by atoms with Crippen LogP contribution in [0.25, 0.3) is 0 Å². The van der Waals surface area contributed by atoms with Crippen molar-refractivity contribution in [2.75, 3.05) is 0 Å². The fourth-order valence-corrected chi connectivity index (χ4v) is 1.71.